The van der Waals surface area contributed by atoms with E-state index in [2.05, 4.69) is 15.9 Å². The smallest absolute Gasteiger partial charge is 0.133 e. The van der Waals surface area contributed by atoms with Crippen molar-refractivity contribution >= 4 is 38.9 Å². The molecule has 1 unspecified atom stereocenters. The number of benzene rings is 1. The molecule has 0 fully saturated rings. The highest BCUT2D eigenvalue weighted by Gasteiger charge is 2.12. The maximum atomic E-state index is 10.1. The molecule has 0 aliphatic heterocycles. The molecule has 1 aromatic heterocycles. The topological polar surface area (TPSA) is 29.5 Å². The number of rotatable bonds is 4. The van der Waals surface area contributed by atoms with Crippen LogP contribution in [0.5, 0.6) is 5.75 Å². The number of hydrogen-bond donors (Lipinski definition) is 1. The van der Waals surface area contributed by atoms with E-state index in [1.165, 1.54) is 11.3 Å². The molecule has 18 heavy (non-hydrogen) atoms. The maximum Gasteiger partial charge on any atom is 0.133 e. The van der Waals surface area contributed by atoms with Crippen molar-refractivity contribution in [1.82, 2.24) is 0 Å². The summed E-state index contributed by atoms with van der Waals surface area (Å²) in [6, 6.07) is 7.59. The summed E-state index contributed by atoms with van der Waals surface area (Å²) in [6.45, 7) is 0. The number of halogens is 2. The van der Waals surface area contributed by atoms with Crippen LogP contribution < -0.4 is 4.74 Å². The monoisotopic (exact) mass is 346 g/mol. The maximum absolute atomic E-state index is 10.1. The van der Waals surface area contributed by atoms with Gasteiger partial charge in [-0.3, -0.25) is 0 Å². The molecule has 0 bridgehead atoms. The first-order chi connectivity index (χ1) is 8.60. The molecule has 1 atom stereocenters. The van der Waals surface area contributed by atoms with E-state index in [1.54, 1.807) is 13.2 Å². The quantitative estimate of drug-likeness (QED) is 0.885. The normalized spacial score (nSPS) is 12.4. The highest BCUT2D eigenvalue weighted by molar-refractivity contribution is 9.10. The van der Waals surface area contributed by atoms with Crippen molar-refractivity contribution in [2.24, 2.45) is 0 Å². The van der Waals surface area contributed by atoms with Crippen LogP contribution in [0.15, 0.2) is 34.1 Å². The summed E-state index contributed by atoms with van der Waals surface area (Å²) in [5.41, 5.74) is 1.04. The summed E-state index contributed by atoms with van der Waals surface area (Å²) < 4.78 is 6.06. The standard InChI is InChI=1S/C13H12BrClO2S/c1-17-12-3-2-8(4-10(12)14)5-11(16)13-6-9(15)7-18-13/h2-4,6-7,11,16H,5H2,1H3. The number of thiophene rings is 1. The molecule has 1 aromatic carbocycles. The van der Waals surface area contributed by atoms with Crippen LogP contribution in [0.1, 0.15) is 16.5 Å². The van der Waals surface area contributed by atoms with Gasteiger partial charge in [-0.05, 0) is 39.7 Å². The highest BCUT2D eigenvalue weighted by Crippen LogP contribution is 2.30. The van der Waals surface area contributed by atoms with Gasteiger partial charge in [-0.25, -0.2) is 0 Å². The van der Waals surface area contributed by atoms with Crippen LogP contribution in [0.2, 0.25) is 5.02 Å². The molecule has 5 heteroatoms. The Labute approximate surface area is 123 Å². The summed E-state index contributed by atoms with van der Waals surface area (Å²) in [6.07, 6.45) is 0.0298. The number of aliphatic hydroxyl groups is 1. The van der Waals surface area contributed by atoms with Gasteiger partial charge >= 0.3 is 0 Å². The fraction of sp³-hybridized carbons (Fsp3) is 0.231. The zero-order chi connectivity index (χ0) is 13.1. The molecule has 0 radical (unpaired) electrons. The lowest BCUT2D eigenvalue weighted by Gasteiger charge is -2.10. The van der Waals surface area contributed by atoms with Crippen LogP contribution in [0, 0.1) is 0 Å². The van der Waals surface area contributed by atoms with Crippen molar-refractivity contribution in [3.63, 3.8) is 0 Å². The second-order valence-electron chi connectivity index (χ2n) is 3.86. The minimum Gasteiger partial charge on any atom is -0.496 e. The number of ether oxygens (including phenoxy) is 1. The second kappa shape index (κ2) is 6.06. The predicted octanol–water partition coefficient (Wildman–Crippen LogP) is 4.45. The highest BCUT2D eigenvalue weighted by atomic mass is 79.9. The summed E-state index contributed by atoms with van der Waals surface area (Å²) >= 11 is 10.8. The van der Waals surface area contributed by atoms with Crippen molar-refractivity contribution in [3.05, 3.63) is 49.6 Å². The molecule has 0 saturated carbocycles. The van der Waals surface area contributed by atoms with E-state index in [0.717, 1.165) is 20.7 Å². The molecule has 0 spiro atoms. The fourth-order valence-electron chi connectivity index (χ4n) is 1.66. The minimum absolute atomic E-state index is 0.525. The molecule has 2 nitrogen and oxygen atoms in total. The molecule has 2 rings (SSSR count). The SMILES string of the molecule is COc1ccc(CC(O)c2cc(Cl)cs2)cc1Br. The van der Waals surface area contributed by atoms with E-state index in [-0.39, 0.29) is 0 Å². The van der Waals surface area contributed by atoms with Gasteiger partial charge in [0.25, 0.3) is 0 Å². The number of methoxy groups -OCH3 is 1. The third kappa shape index (κ3) is 3.26. The first kappa shape index (κ1) is 13.9. The number of hydrogen-bond acceptors (Lipinski definition) is 3. The van der Waals surface area contributed by atoms with Gasteiger partial charge in [0.15, 0.2) is 0 Å². The van der Waals surface area contributed by atoms with E-state index in [0.29, 0.717) is 11.4 Å². The Morgan fingerprint density at radius 3 is 2.78 bits per heavy atom. The van der Waals surface area contributed by atoms with Crippen LogP contribution >= 0.6 is 38.9 Å². The molecular formula is C13H12BrClO2S. The van der Waals surface area contributed by atoms with Crippen LogP contribution in [0.3, 0.4) is 0 Å². The van der Waals surface area contributed by atoms with Crippen LogP contribution in [0.25, 0.3) is 0 Å². The molecule has 0 amide bonds. The minimum atomic E-state index is -0.525. The predicted molar refractivity (Wildman–Crippen MR) is 78.7 cm³/mol. The van der Waals surface area contributed by atoms with E-state index in [4.69, 9.17) is 16.3 Å². The van der Waals surface area contributed by atoms with Gasteiger partial charge in [0, 0.05) is 16.7 Å². The Morgan fingerprint density at radius 2 is 2.22 bits per heavy atom. The lowest BCUT2D eigenvalue weighted by molar-refractivity contribution is 0.182. The molecular weight excluding hydrogens is 336 g/mol. The van der Waals surface area contributed by atoms with Gasteiger partial charge in [-0.15, -0.1) is 11.3 Å². The fourth-order valence-corrected chi connectivity index (χ4v) is 3.32. The molecule has 1 heterocycles. The Hall–Kier alpha value is -0.550. The molecule has 2 aromatic rings. The lowest BCUT2D eigenvalue weighted by Crippen LogP contribution is -1.99. The Morgan fingerprint density at radius 1 is 1.44 bits per heavy atom. The second-order valence-corrected chi connectivity index (χ2v) is 6.09. The first-order valence-corrected chi connectivity index (χ1v) is 7.39. The zero-order valence-corrected chi connectivity index (χ0v) is 12.8. The first-order valence-electron chi connectivity index (χ1n) is 5.34. The third-order valence-corrected chi connectivity index (χ3v) is 4.56. The Kier molecular flexibility index (Phi) is 4.67. The van der Waals surface area contributed by atoms with Gasteiger partial charge in [-0.2, -0.15) is 0 Å². The van der Waals surface area contributed by atoms with Crippen molar-refractivity contribution in [2.75, 3.05) is 7.11 Å². The van der Waals surface area contributed by atoms with E-state index < -0.39 is 6.10 Å². The van der Waals surface area contributed by atoms with Crippen LogP contribution in [-0.2, 0) is 6.42 Å². The van der Waals surface area contributed by atoms with Gasteiger partial charge in [0.1, 0.15) is 5.75 Å². The van der Waals surface area contributed by atoms with Crippen LogP contribution in [-0.4, -0.2) is 12.2 Å². The van der Waals surface area contributed by atoms with Crippen molar-refractivity contribution < 1.29 is 9.84 Å². The summed E-state index contributed by atoms with van der Waals surface area (Å²) in [7, 11) is 1.63. The molecule has 1 N–H and O–H groups in total. The van der Waals surface area contributed by atoms with Crippen LogP contribution in [0.4, 0.5) is 0 Å². The summed E-state index contributed by atoms with van der Waals surface area (Å²) in [5.74, 6) is 0.785. The Bertz CT molecular complexity index is 542. The zero-order valence-electron chi connectivity index (χ0n) is 9.69. The summed E-state index contributed by atoms with van der Waals surface area (Å²) in [5, 5.41) is 12.6. The largest absolute Gasteiger partial charge is 0.496 e. The van der Waals surface area contributed by atoms with Gasteiger partial charge < -0.3 is 9.84 Å². The summed E-state index contributed by atoms with van der Waals surface area (Å²) in [4.78, 5) is 0.881. The molecule has 96 valence electrons. The van der Waals surface area contributed by atoms with Gasteiger partial charge in [0.05, 0.1) is 22.7 Å². The average Bonchev–Trinajstić information content (AvgIpc) is 2.76. The molecule has 0 saturated heterocycles. The molecule has 0 aliphatic carbocycles. The third-order valence-electron chi connectivity index (χ3n) is 2.56. The van der Waals surface area contributed by atoms with Crippen molar-refractivity contribution in [1.29, 1.82) is 0 Å². The van der Waals surface area contributed by atoms with Gasteiger partial charge in [-0.1, -0.05) is 17.7 Å². The number of aliphatic hydroxyl groups excluding tert-OH is 1. The Balaban J connectivity index is 2.12. The van der Waals surface area contributed by atoms with Gasteiger partial charge in [0.2, 0.25) is 0 Å². The van der Waals surface area contributed by atoms with E-state index in [9.17, 15) is 5.11 Å². The van der Waals surface area contributed by atoms with Crippen molar-refractivity contribution in [2.45, 2.75) is 12.5 Å². The van der Waals surface area contributed by atoms with Crippen molar-refractivity contribution in [3.8, 4) is 5.75 Å². The lowest BCUT2D eigenvalue weighted by atomic mass is 10.1. The van der Waals surface area contributed by atoms with E-state index in [1.807, 2.05) is 23.6 Å². The van der Waals surface area contributed by atoms with E-state index >= 15 is 0 Å². The average molecular weight is 348 g/mol. The molecule has 0 aliphatic rings.